The molecule has 1 heterocycles. The van der Waals surface area contributed by atoms with Crippen molar-refractivity contribution in [3.05, 3.63) is 40.4 Å². The van der Waals surface area contributed by atoms with E-state index in [1.165, 1.54) is 12.1 Å². The molecule has 0 atom stereocenters. The number of halogens is 2. The van der Waals surface area contributed by atoms with Gasteiger partial charge in [0.2, 0.25) is 0 Å². The van der Waals surface area contributed by atoms with E-state index in [2.05, 4.69) is 10.5 Å². The summed E-state index contributed by atoms with van der Waals surface area (Å²) in [5.41, 5.74) is 0.471. The number of hydrogen-bond acceptors (Lipinski definition) is 3. The second-order valence-corrected chi connectivity index (χ2v) is 5.62. The largest absolute Gasteiger partial charge is 0.360 e. The van der Waals surface area contributed by atoms with Crippen molar-refractivity contribution in [3.63, 3.8) is 0 Å². The Morgan fingerprint density at radius 1 is 1.52 bits per heavy atom. The molecular weight excluding hydrogens is 295 g/mol. The van der Waals surface area contributed by atoms with E-state index in [4.69, 9.17) is 16.1 Å². The second kappa shape index (κ2) is 5.48. The molecule has 0 spiro atoms. The lowest BCUT2D eigenvalue weighted by atomic mass is 10.0. The first-order valence-electron chi connectivity index (χ1n) is 6.76. The van der Waals surface area contributed by atoms with Crippen molar-refractivity contribution in [2.75, 3.05) is 6.54 Å². The molecule has 1 aliphatic rings. The Kier molecular flexibility index (Phi) is 3.68. The number of aromatic nitrogens is 1. The van der Waals surface area contributed by atoms with E-state index in [0.717, 1.165) is 12.8 Å². The molecule has 1 N–H and O–H groups in total. The molecule has 6 heteroatoms. The number of carbonyl (C=O) groups excluding carboxylic acids is 1. The summed E-state index contributed by atoms with van der Waals surface area (Å²) in [5.74, 6) is 0.0502. The number of aryl methyl sites for hydroxylation is 1. The van der Waals surface area contributed by atoms with Crippen LogP contribution in [-0.2, 0) is 0 Å². The molecule has 0 saturated heterocycles. The zero-order valence-corrected chi connectivity index (χ0v) is 12.2. The molecule has 110 valence electrons. The highest BCUT2D eigenvalue weighted by Gasteiger charge is 2.27. The molecule has 1 aromatic carbocycles. The standard InChI is InChI=1S/C15H14ClFN2O2/c1-8-12(15(20)18-7-9-5-6-9)14(19-21-8)13-10(16)3-2-4-11(13)17/h2-4,9H,5-7H2,1H3,(H,18,20). The van der Waals surface area contributed by atoms with Crippen molar-refractivity contribution in [3.8, 4) is 11.3 Å². The summed E-state index contributed by atoms with van der Waals surface area (Å²) in [6.45, 7) is 2.24. The maximum atomic E-state index is 14.0. The SMILES string of the molecule is Cc1onc(-c2c(F)cccc2Cl)c1C(=O)NCC1CC1. The van der Waals surface area contributed by atoms with Crippen molar-refractivity contribution >= 4 is 17.5 Å². The van der Waals surface area contributed by atoms with Gasteiger partial charge < -0.3 is 9.84 Å². The Labute approximate surface area is 126 Å². The molecular formula is C15H14ClFN2O2. The number of nitrogens with one attached hydrogen (secondary N) is 1. The summed E-state index contributed by atoms with van der Waals surface area (Å²) in [5, 5.41) is 6.84. The summed E-state index contributed by atoms with van der Waals surface area (Å²) in [6, 6.07) is 4.33. The molecule has 0 bridgehead atoms. The van der Waals surface area contributed by atoms with Gasteiger partial charge in [-0.3, -0.25) is 4.79 Å². The molecule has 1 saturated carbocycles. The summed E-state index contributed by atoms with van der Waals surface area (Å²) in [7, 11) is 0. The molecule has 1 aliphatic carbocycles. The molecule has 1 fully saturated rings. The van der Waals surface area contributed by atoms with Crippen LogP contribution in [0.5, 0.6) is 0 Å². The number of nitrogens with zero attached hydrogens (tertiary/aromatic N) is 1. The van der Waals surface area contributed by atoms with E-state index in [1.807, 2.05) is 0 Å². The lowest BCUT2D eigenvalue weighted by Crippen LogP contribution is -2.26. The van der Waals surface area contributed by atoms with Gasteiger partial charge >= 0.3 is 0 Å². The van der Waals surface area contributed by atoms with Gasteiger partial charge in [-0.1, -0.05) is 22.8 Å². The fourth-order valence-corrected chi connectivity index (χ4v) is 2.43. The van der Waals surface area contributed by atoms with Crippen LogP contribution in [0.15, 0.2) is 22.7 Å². The highest BCUT2D eigenvalue weighted by Crippen LogP contribution is 2.33. The van der Waals surface area contributed by atoms with Crippen LogP contribution in [0.3, 0.4) is 0 Å². The minimum absolute atomic E-state index is 0.0904. The number of carbonyl (C=O) groups is 1. The first-order valence-corrected chi connectivity index (χ1v) is 7.14. The normalized spacial score (nSPS) is 14.2. The second-order valence-electron chi connectivity index (χ2n) is 5.21. The first kappa shape index (κ1) is 14.1. The van der Waals surface area contributed by atoms with Crippen LogP contribution < -0.4 is 5.32 Å². The lowest BCUT2D eigenvalue weighted by Gasteiger charge is -2.06. The molecule has 3 rings (SSSR count). The Balaban J connectivity index is 1.97. The highest BCUT2D eigenvalue weighted by atomic mass is 35.5. The molecule has 0 unspecified atom stereocenters. The summed E-state index contributed by atoms with van der Waals surface area (Å²) >= 11 is 6.03. The number of hydrogen-bond donors (Lipinski definition) is 1. The Morgan fingerprint density at radius 3 is 2.95 bits per heavy atom. The predicted molar refractivity (Wildman–Crippen MR) is 76.7 cm³/mol. The van der Waals surface area contributed by atoms with Crippen LogP contribution in [-0.4, -0.2) is 17.6 Å². The molecule has 1 amide bonds. The van der Waals surface area contributed by atoms with Gasteiger partial charge in [-0.25, -0.2) is 4.39 Å². The van der Waals surface area contributed by atoms with Crippen LogP contribution in [0.1, 0.15) is 29.0 Å². The fourth-order valence-electron chi connectivity index (χ4n) is 2.18. The Bertz CT molecular complexity index is 675. The van der Waals surface area contributed by atoms with Crippen LogP contribution in [0.25, 0.3) is 11.3 Å². The number of rotatable bonds is 4. The third-order valence-electron chi connectivity index (χ3n) is 3.54. The molecule has 0 radical (unpaired) electrons. The zero-order valence-electron chi connectivity index (χ0n) is 11.5. The third-order valence-corrected chi connectivity index (χ3v) is 3.85. The maximum Gasteiger partial charge on any atom is 0.257 e. The molecule has 0 aliphatic heterocycles. The minimum Gasteiger partial charge on any atom is -0.360 e. The Hall–Kier alpha value is -1.88. The van der Waals surface area contributed by atoms with Gasteiger partial charge in [-0.05, 0) is 37.8 Å². The van der Waals surface area contributed by atoms with Gasteiger partial charge in [-0.2, -0.15) is 0 Å². The summed E-state index contributed by atoms with van der Waals surface area (Å²) < 4.78 is 19.1. The summed E-state index contributed by atoms with van der Waals surface area (Å²) in [6.07, 6.45) is 2.27. The smallest absolute Gasteiger partial charge is 0.257 e. The van der Waals surface area contributed by atoms with Crippen molar-refractivity contribution in [1.82, 2.24) is 10.5 Å². The lowest BCUT2D eigenvalue weighted by molar-refractivity contribution is 0.0951. The number of amides is 1. The van der Waals surface area contributed by atoms with E-state index in [0.29, 0.717) is 18.2 Å². The maximum absolute atomic E-state index is 14.0. The quantitative estimate of drug-likeness (QED) is 0.939. The van der Waals surface area contributed by atoms with Gasteiger partial charge in [0, 0.05) is 6.54 Å². The van der Waals surface area contributed by atoms with Crippen molar-refractivity contribution < 1.29 is 13.7 Å². The molecule has 2 aromatic rings. The minimum atomic E-state index is -0.535. The predicted octanol–water partition coefficient (Wildman–Crippen LogP) is 3.58. The zero-order chi connectivity index (χ0) is 15.0. The third kappa shape index (κ3) is 2.78. The van der Waals surface area contributed by atoms with Gasteiger partial charge in [0.25, 0.3) is 5.91 Å². The molecule has 21 heavy (non-hydrogen) atoms. The van der Waals surface area contributed by atoms with Crippen molar-refractivity contribution in [2.24, 2.45) is 5.92 Å². The van der Waals surface area contributed by atoms with Gasteiger partial charge in [-0.15, -0.1) is 0 Å². The van der Waals surface area contributed by atoms with Gasteiger partial charge in [0.05, 0.1) is 10.6 Å². The summed E-state index contributed by atoms with van der Waals surface area (Å²) in [4.78, 5) is 12.3. The average molecular weight is 309 g/mol. The van der Waals surface area contributed by atoms with Crippen molar-refractivity contribution in [2.45, 2.75) is 19.8 Å². The van der Waals surface area contributed by atoms with E-state index < -0.39 is 5.82 Å². The number of benzene rings is 1. The van der Waals surface area contributed by atoms with Crippen LogP contribution in [0.2, 0.25) is 5.02 Å². The van der Waals surface area contributed by atoms with E-state index in [-0.39, 0.29) is 27.8 Å². The van der Waals surface area contributed by atoms with Crippen LogP contribution in [0, 0.1) is 18.7 Å². The first-order chi connectivity index (χ1) is 10.1. The molecule has 4 nitrogen and oxygen atoms in total. The molecule has 1 aromatic heterocycles. The van der Waals surface area contributed by atoms with E-state index in [9.17, 15) is 9.18 Å². The van der Waals surface area contributed by atoms with Crippen molar-refractivity contribution in [1.29, 1.82) is 0 Å². The van der Waals surface area contributed by atoms with Gasteiger partial charge in [0.15, 0.2) is 0 Å². The van der Waals surface area contributed by atoms with Crippen LogP contribution in [0.4, 0.5) is 4.39 Å². The topological polar surface area (TPSA) is 55.1 Å². The van der Waals surface area contributed by atoms with E-state index in [1.54, 1.807) is 13.0 Å². The fraction of sp³-hybridized carbons (Fsp3) is 0.333. The average Bonchev–Trinajstić information content (AvgIpc) is 3.19. The monoisotopic (exact) mass is 308 g/mol. The van der Waals surface area contributed by atoms with Crippen LogP contribution >= 0.6 is 11.6 Å². The highest BCUT2D eigenvalue weighted by molar-refractivity contribution is 6.33. The Morgan fingerprint density at radius 2 is 2.29 bits per heavy atom. The van der Waals surface area contributed by atoms with Gasteiger partial charge in [0.1, 0.15) is 22.8 Å². The van der Waals surface area contributed by atoms with E-state index >= 15 is 0 Å².